The van der Waals surface area contributed by atoms with E-state index >= 15 is 0 Å². The smallest absolute Gasteiger partial charge is 0.264 e. The first-order chi connectivity index (χ1) is 45.0. The van der Waals surface area contributed by atoms with E-state index in [0.29, 0.717) is 121 Å². The number of fused-ring (bicyclic) bond motifs is 6. The summed E-state index contributed by atoms with van der Waals surface area (Å²) in [6, 6.07) is 39.8. The molecule has 5 atom stereocenters. The molecule has 2 aliphatic carbocycles. The molecule has 19 nitrogen and oxygen atoms in total. The maximum atomic E-state index is 13.9. The summed E-state index contributed by atoms with van der Waals surface area (Å²) in [6.07, 6.45) is 4.27. The molecule has 3 aliphatic heterocycles. The van der Waals surface area contributed by atoms with E-state index in [2.05, 4.69) is 20.9 Å². The van der Waals surface area contributed by atoms with Gasteiger partial charge < -0.3 is 63.2 Å². The van der Waals surface area contributed by atoms with Crippen LogP contribution in [0.5, 0.6) is 0 Å². The molecule has 12 rings (SSSR count). The number of halogens is 3. The average molecular weight is 1330 g/mol. The first kappa shape index (κ1) is 68.8. The molecule has 0 bridgehead atoms. The standard InChI is InChI=1S/C27H26ClN3O3.C26H25ClN4O3.C19H28ClN3O3/c28-19-12-11-17(15-29)18(14-19)16-30-25(32)24-10-5-13-31(24)26(33)27(34)22-8-3-1-6-20(22)21-7-2-4-9-23(21)27;27-18-10-9-16(14-28)17(13-18)15-30-24(32)22-8-4-12-31(22)25(33)26(34)20-6-2-1-5-19(20)23-21(26)7-3-11-29-23;1-19(2,3)16(24)18(26)23-8-4-5-15(23)17(25)22-11-13-9-14(20)7-6-12(13)10-21/h1-4,6-9,11-12,14,24,34H,5,10,13,15-16,29H2,(H,30,32);1-3,5-7,9-11,13,22,34H,4,8,12,14-15,28H2,(H,30,32);6-7,9,15-16,24H,4-5,8,10-11,21H2,1-3H3,(H,22,25)/t24-;;15-,16-/m0.0/s1. The van der Waals surface area contributed by atoms with Crippen LogP contribution < -0.4 is 33.2 Å². The maximum Gasteiger partial charge on any atom is 0.264 e. The van der Waals surface area contributed by atoms with Crippen molar-refractivity contribution < 1.29 is 44.1 Å². The Labute approximate surface area is 561 Å². The molecule has 3 saturated heterocycles. The number of rotatable bonds is 15. The second-order valence-corrected chi connectivity index (χ2v) is 26.5. The Bertz CT molecular complexity index is 3730. The van der Waals surface area contributed by atoms with Crippen molar-refractivity contribution in [3.8, 4) is 22.4 Å². The summed E-state index contributed by atoms with van der Waals surface area (Å²) in [6.45, 7) is 8.52. The number of pyridine rings is 1. The predicted molar refractivity (Wildman–Crippen MR) is 361 cm³/mol. The summed E-state index contributed by atoms with van der Waals surface area (Å²) in [5.41, 5.74) is 23.4. The minimum atomic E-state index is -1.89. The summed E-state index contributed by atoms with van der Waals surface area (Å²) in [5.74, 6) is -2.10. The highest BCUT2D eigenvalue weighted by Crippen LogP contribution is 2.50. The predicted octanol–water partition coefficient (Wildman–Crippen LogP) is 7.85. The molecule has 94 heavy (non-hydrogen) atoms. The normalized spacial score (nSPS) is 19.1. The van der Waals surface area contributed by atoms with Gasteiger partial charge in [-0.15, -0.1) is 0 Å². The maximum absolute atomic E-state index is 13.9. The van der Waals surface area contributed by atoms with Crippen molar-refractivity contribution in [2.45, 2.75) is 134 Å². The van der Waals surface area contributed by atoms with Gasteiger partial charge in [-0.1, -0.05) is 153 Å². The van der Waals surface area contributed by atoms with E-state index in [1.807, 2.05) is 66.7 Å². The second kappa shape index (κ2) is 29.3. The SMILES string of the molecule is CC(C)(C)[C@@H](O)C(=O)N1CCC[C@H]1C(=O)NCc1cc(Cl)ccc1CN.NCc1ccc(Cl)cc1CNC(=O)C1CCCN1C(=O)C1(O)c2ccccc2-c2ncccc21.NCc1ccc(Cl)cc1CNC(=O)[C@@H]1CCCN1C(=O)C1(O)c2ccccc2-c2ccccc21. The van der Waals surface area contributed by atoms with E-state index in [1.54, 1.807) is 99.8 Å². The van der Waals surface area contributed by atoms with Crippen LogP contribution in [0.25, 0.3) is 22.4 Å². The van der Waals surface area contributed by atoms with Crippen LogP contribution in [-0.4, -0.2) is 114 Å². The average Bonchev–Trinajstić information content (AvgIpc) is 1.57. The summed E-state index contributed by atoms with van der Waals surface area (Å²) >= 11 is 18.3. The van der Waals surface area contributed by atoms with E-state index in [1.165, 1.54) is 14.7 Å². The molecule has 6 aromatic carbocycles. The Morgan fingerprint density at radius 2 is 0.840 bits per heavy atom. The molecule has 0 saturated carbocycles. The molecule has 2 unspecified atom stereocenters. The van der Waals surface area contributed by atoms with Gasteiger partial charge in [-0.25, -0.2) is 0 Å². The van der Waals surface area contributed by atoms with E-state index in [-0.39, 0.29) is 36.7 Å². The number of carbonyl (C=O) groups excluding carboxylic acids is 6. The molecule has 6 amide bonds. The van der Waals surface area contributed by atoms with Crippen molar-refractivity contribution in [2.24, 2.45) is 22.6 Å². The minimum absolute atomic E-state index is 0.222. The van der Waals surface area contributed by atoms with Gasteiger partial charge in [0, 0.05) is 108 Å². The topological polar surface area (TPSA) is 300 Å². The third-order valence-electron chi connectivity index (χ3n) is 18.4. The Balaban J connectivity index is 0.000000156. The van der Waals surface area contributed by atoms with Gasteiger partial charge in [0.25, 0.3) is 17.7 Å². The van der Waals surface area contributed by atoms with Crippen molar-refractivity contribution in [1.29, 1.82) is 0 Å². The zero-order chi connectivity index (χ0) is 67.2. The number of hydrogen-bond donors (Lipinski definition) is 9. The molecule has 3 fully saturated rings. The number of benzene rings is 6. The number of nitrogens with one attached hydrogen (secondary N) is 3. The van der Waals surface area contributed by atoms with Gasteiger partial charge in [-0.05, 0) is 131 Å². The van der Waals surface area contributed by atoms with Crippen LogP contribution in [0.1, 0.15) is 115 Å². The van der Waals surface area contributed by atoms with Crippen LogP contribution in [-0.2, 0) is 79.2 Å². The Hall–Kier alpha value is -8.08. The van der Waals surface area contributed by atoms with E-state index in [9.17, 15) is 44.1 Å². The number of aliphatic hydroxyl groups excluding tert-OH is 1. The van der Waals surface area contributed by atoms with Crippen molar-refractivity contribution in [3.05, 3.63) is 216 Å². The Morgan fingerprint density at radius 3 is 1.23 bits per heavy atom. The molecule has 492 valence electrons. The van der Waals surface area contributed by atoms with E-state index in [0.717, 1.165) is 56.5 Å². The highest BCUT2D eigenvalue weighted by Gasteiger charge is 2.54. The monoisotopic (exact) mass is 1330 g/mol. The van der Waals surface area contributed by atoms with Crippen molar-refractivity contribution in [1.82, 2.24) is 35.6 Å². The fourth-order valence-corrected chi connectivity index (χ4v) is 13.9. The molecular weight excluding hydrogens is 1260 g/mol. The minimum Gasteiger partial charge on any atom is -0.383 e. The first-order valence-corrected chi connectivity index (χ1v) is 32.7. The Kier molecular flexibility index (Phi) is 21.4. The zero-order valence-electron chi connectivity index (χ0n) is 52.7. The number of amides is 6. The third-order valence-corrected chi connectivity index (χ3v) is 19.1. The molecule has 0 radical (unpaired) electrons. The largest absolute Gasteiger partial charge is 0.383 e. The van der Waals surface area contributed by atoms with Gasteiger partial charge >= 0.3 is 0 Å². The highest BCUT2D eigenvalue weighted by atomic mass is 35.5. The van der Waals surface area contributed by atoms with Gasteiger partial charge in [0.15, 0.2) is 11.2 Å². The first-order valence-electron chi connectivity index (χ1n) is 31.6. The number of hydrogen-bond acceptors (Lipinski definition) is 13. The van der Waals surface area contributed by atoms with Crippen LogP contribution in [0.4, 0.5) is 0 Å². The van der Waals surface area contributed by atoms with Crippen molar-refractivity contribution in [2.75, 3.05) is 19.6 Å². The van der Waals surface area contributed by atoms with Gasteiger partial charge in [0.1, 0.15) is 24.2 Å². The third kappa shape index (κ3) is 13.9. The molecule has 1 aromatic heterocycles. The lowest BCUT2D eigenvalue weighted by atomic mass is 9.88. The lowest BCUT2D eigenvalue weighted by Gasteiger charge is -2.32. The van der Waals surface area contributed by atoms with Gasteiger partial charge in [-0.3, -0.25) is 33.8 Å². The number of carbonyl (C=O) groups is 6. The van der Waals surface area contributed by atoms with Crippen molar-refractivity contribution in [3.63, 3.8) is 0 Å². The second-order valence-electron chi connectivity index (χ2n) is 25.2. The summed E-state index contributed by atoms with van der Waals surface area (Å²) < 4.78 is 0. The molecule has 7 aromatic rings. The quantitative estimate of drug-likeness (QED) is 0.0473. The van der Waals surface area contributed by atoms with Crippen LogP contribution in [0, 0.1) is 5.41 Å². The lowest BCUT2D eigenvalue weighted by molar-refractivity contribution is -0.151. The van der Waals surface area contributed by atoms with Crippen LogP contribution in [0.3, 0.4) is 0 Å². The molecule has 22 heteroatoms. The molecule has 5 aliphatic rings. The highest BCUT2D eigenvalue weighted by molar-refractivity contribution is 6.31. The van der Waals surface area contributed by atoms with E-state index in [4.69, 9.17) is 52.0 Å². The molecule has 12 N–H and O–H groups in total. The van der Waals surface area contributed by atoms with Gasteiger partial charge in [-0.2, -0.15) is 0 Å². The van der Waals surface area contributed by atoms with Crippen LogP contribution in [0.15, 0.2) is 146 Å². The number of nitrogens with zero attached hydrogens (tertiary/aromatic N) is 4. The number of aliphatic hydroxyl groups is 3. The number of likely N-dealkylation sites (tertiary alicyclic amines) is 3. The number of aromatic nitrogens is 1. The lowest BCUT2D eigenvalue weighted by Crippen LogP contribution is -2.52. The van der Waals surface area contributed by atoms with Crippen molar-refractivity contribution >= 4 is 70.2 Å². The van der Waals surface area contributed by atoms with E-state index < -0.39 is 52.7 Å². The van der Waals surface area contributed by atoms with Crippen LogP contribution >= 0.6 is 34.8 Å². The molecule has 0 spiro atoms. The fraction of sp³-hybridized carbons (Fsp3) is 0.347. The van der Waals surface area contributed by atoms with Crippen LogP contribution in [0.2, 0.25) is 15.1 Å². The molecule has 4 heterocycles. The summed E-state index contributed by atoms with van der Waals surface area (Å²) in [5, 5.41) is 44.4. The van der Waals surface area contributed by atoms with Gasteiger partial charge in [0.2, 0.25) is 17.7 Å². The zero-order valence-corrected chi connectivity index (χ0v) is 55.0. The van der Waals surface area contributed by atoms with Gasteiger partial charge in [0.05, 0.1) is 5.69 Å². The Morgan fingerprint density at radius 1 is 0.500 bits per heavy atom. The fourth-order valence-electron chi connectivity index (χ4n) is 13.3. The molecular formula is C72H79Cl3N10O9. The summed E-state index contributed by atoms with van der Waals surface area (Å²) in [7, 11) is 0. The number of nitrogens with two attached hydrogens (primary N) is 3. The summed E-state index contributed by atoms with van der Waals surface area (Å²) in [4.78, 5) is 88.3.